The molecule has 1 aliphatic carbocycles. The second kappa shape index (κ2) is 2.94. The lowest BCUT2D eigenvalue weighted by Gasteiger charge is -2.39. The largest absolute Gasteiger partial charge is 0.0628 e. The molecule has 1 rings (SSSR count). The van der Waals surface area contributed by atoms with Gasteiger partial charge in [0.05, 0.1) is 0 Å². The minimum atomic E-state index is 0.754. The monoisotopic (exact) mass is 140 g/mol. The Bertz CT molecular complexity index is 98.6. The molecule has 0 nitrogen and oxygen atoms in total. The average molecular weight is 140 g/mol. The summed E-state index contributed by atoms with van der Waals surface area (Å²) < 4.78 is 0. The summed E-state index contributed by atoms with van der Waals surface area (Å²) in [5.41, 5.74) is 0.754. The summed E-state index contributed by atoms with van der Waals surface area (Å²) in [5, 5.41) is 0. The van der Waals surface area contributed by atoms with Crippen LogP contribution in [0.15, 0.2) is 0 Å². The molecule has 60 valence electrons. The van der Waals surface area contributed by atoms with E-state index < -0.39 is 0 Å². The van der Waals surface area contributed by atoms with Crippen molar-refractivity contribution in [3.05, 3.63) is 0 Å². The minimum Gasteiger partial charge on any atom is -0.0628 e. The maximum absolute atomic E-state index is 2.44. The van der Waals surface area contributed by atoms with Crippen molar-refractivity contribution in [3.8, 4) is 0 Å². The third-order valence-corrected chi connectivity index (χ3v) is 2.89. The molecule has 0 atom stereocenters. The fraction of sp³-hybridized carbons (Fsp3) is 1.00. The van der Waals surface area contributed by atoms with Gasteiger partial charge in [-0.25, -0.2) is 0 Å². The third-order valence-electron chi connectivity index (χ3n) is 2.89. The van der Waals surface area contributed by atoms with Gasteiger partial charge in [-0.05, 0) is 30.6 Å². The van der Waals surface area contributed by atoms with Crippen LogP contribution in [0, 0.1) is 11.3 Å². The zero-order valence-electron chi connectivity index (χ0n) is 7.61. The van der Waals surface area contributed by atoms with Crippen molar-refractivity contribution >= 4 is 0 Å². The van der Waals surface area contributed by atoms with Crippen LogP contribution in [0.4, 0.5) is 0 Å². The van der Waals surface area contributed by atoms with Gasteiger partial charge in [0.1, 0.15) is 0 Å². The lowest BCUT2D eigenvalue weighted by molar-refractivity contribution is 0.136. The lowest BCUT2D eigenvalue weighted by atomic mass is 9.67. The van der Waals surface area contributed by atoms with E-state index in [2.05, 4.69) is 20.8 Å². The molecule has 0 heteroatoms. The second-order valence-corrected chi connectivity index (χ2v) is 4.60. The van der Waals surface area contributed by atoms with Crippen LogP contribution in [0.3, 0.4) is 0 Å². The molecule has 0 aromatic rings. The molecule has 0 heterocycles. The Morgan fingerprint density at radius 1 is 1.30 bits per heavy atom. The van der Waals surface area contributed by atoms with Crippen LogP contribution in [0.2, 0.25) is 0 Å². The molecule has 0 spiro atoms. The highest BCUT2D eigenvalue weighted by Gasteiger charge is 2.30. The molecule has 0 radical (unpaired) electrons. The number of rotatable bonds is 3. The van der Waals surface area contributed by atoms with Gasteiger partial charge in [0, 0.05) is 0 Å². The molecule has 1 saturated carbocycles. The van der Waals surface area contributed by atoms with Crippen LogP contribution in [-0.4, -0.2) is 0 Å². The molecule has 0 N–H and O–H groups in total. The molecule has 1 aliphatic rings. The van der Waals surface area contributed by atoms with E-state index >= 15 is 0 Å². The van der Waals surface area contributed by atoms with Crippen LogP contribution in [0.25, 0.3) is 0 Å². The van der Waals surface area contributed by atoms with E-state index in [4.69, 9.17) is 0 Å². The molecule has 0 unspecified atom stereocenters. The molecular formula is C10H20. The predicted molar refractivity (Wildman–Crippen MR) is 46.0 cm³/mol. The Balaban J connectivity index is 2.12. The van der Waals surface area contributed by atoms with Crippen LogP contribution >= 0.6 is 0 Å². The van der Waals surface area contributed by atoms with Gasteiger partial charge < -0.3 is 0 Å². The molecule has 0 amide bonds. The van der Waals surface area contributed by atoms with E-state index in [-0.39, 0.29) is 0 Å². The normalized spacial score (nSPS) is 22.8. The summed E-state index contributed by atoms with van der Waals surface area (Å²) in [4.78, 5) is 0. The van der Waals surface area contributed by atoms with Gasteiger partial charge in [-0.1, -0.05) is 33.6 Å². The summed E-state index contributed by atoms with van der Waals surface area (Å²) >= 11 is 0. The number of hydrogen-bond donors (Lipinski definition) is 0. The van der Waals surface area contributed by atoms with Crippen molar-refractivity contribution in [2.24, 2.45) is 11.3 Å². The maximum Gasteiger partial charge on any atom is -0.0326 e. The molecule has 0 saturated heterocycles. The molecule has 0 bridgehead atoms. The summed E-state index contributed by atoms with van der Waals surface area (Å²) in [5.74, 6) is 0.900. The first-order chi connectivity index (χ1) is 4.62. The Labute approximate surface area is 65.0 Å². The van der Waals surface area contributed by atoms with E-state index in [0.29, 0.717) is 0 Å². The second-order valence-electron chi connectivity index (χ2n) is 4.60. The fourth-order valence-electron chi connectivity index (χ4n) is 1.67. The van der Waals surface area contributed by atoms with E-state index in [1.54, 1.807) is 0 Å². The van der Waals surface area contributed by atoms with E-state index in [1.807, 2.05) is 0 Å². The highest BCUT2D eigenvalue weighted by Crippen LogP contribution is 2.44. The summed E-state index contributed by atoms with van der Waals surface area (Å²) in [6, 6.07) is 0. The highest BCUT2D eigenvalue weighted by atomic mass is 14.4. The van der Waals surface area contributed by atoms with E-state index in [9.17, 15) is 0 Å². The lowest BCUT2D eigenvalue weighted by Crippen LogP contribution is -2.25. The van der Waals surface area contributed by atoms with E-state index in [1.165, 1.54) is 32.1 Å². The van der Waals surface area contributed by atoms with Gasteiger partial charge in [-0.3, -0.25) is 0 Å². The molecule has 0 aliphatic heterocycles. The average Bonchev–Trinajstić information content (AvgIpc) is 1.79. The molecule has 0 aromatic heterocycles. The van der Waals surface area contributed by atoms with E-state index in [0.717, 1.165) is 11.3 Å². The summed E-state index contributed by atoms with van der Waals surface area (Å²) in [6.45, 7) is 7.09. The zero-order chi connectivity index (χ0) is 7.61. The van der Waals surface area contributed by atoms with Crippen LogP contribution < -0.4 is 0 Å². The summed E-state index contributed by atoms with van der Waals surface area (Å²) in [7, 11) is 0. The third kappa shape index (κ3) is 2.00. The molecule has 1 fully saturated rings. The van der Waals surface area contributed by atoms with Crippen molar-refractivity contribution in [2.75, 3.05) is 0 Å². The molecule has 0 aromatic carbocycles. The Hall–Kier alpha value is 0. The standard InChI is InChI=1S/C10H20/c1-9(2)5-8-10(3)6-4-7-10/h9H,4-8H2,1-3H3. The quantitative estimate of drug-likeness (QED) is 0.561. The van der Waals surface area contributed by atoms with Gasteiger partial charge >= 0.3 is 0 Å². The van der Waals surface area contributed by atoms with Crippen molar-refractivity contribution in [1.29, 1.82) is 0 Å². The van der Waals surface area contributed by atoms with Gasteiger partial charge in [0.25, 0.3) is 0 Å². The van der Waals surface area contributed by atoms with Gasteiger partial charge in [0.2, 0.25) is 0 Å². The van der Waals surface area contributed by atoms with Crippen molar-refractivity contribution in [1.82, 2.24) is 0 Å². The predicted octanol–water partition coefficient (Wildman–Crippen LogP) is 3.61. The fourth-order valence-corrected chi connectivity index (χ4v) is 1.67. The van der Waals surface area contributed by atoms with Crippen LogP contribution in [0.1, 0.15) is 52.9 Å². The molecule has 10 heavy (non-hydrogen) atoms. The van der Waals surface area contributed by atoms with Crippen molar-refractivity contribution < 1.29 is 0 Å². The summed E-state index contributed by atoms with van der Waals surface area (Å²) in [6.07, 6.45) is 7.34. The zero-order valence-corrected chi connectivity index (χ0v) is 7.61. The smallest absolute Gasteiger partial charge is 0.0326 e. The minimum absolute atomic E-state index is 0.754. The SMILES string of the molecule is CC(C)CCC1(C)CCC1. The first-order valence-corrected chi connectivity index (χ1v) is 4.62. The Kier molecular flexibility index (Phi) is 2.38. The molecular weight excluding hydrogens is 120 g/mol. The van der Waals surface area contributed by atoms with Crippen LogP contribution in [-0.2, 0) is 0 Å². The first-order valence-electron chi connectivity index (χ1n) is 4.62. The van der Waals surface area contributed by atoms with Crippen molar-refractivity contribution in [3.63, 3.8) is 0 Å². The first kappa shape index (κ1) is 8.10. The van der Waals surface area contributed by atoms with Gasteiger partial charge in [0.15, 0.2) is 0 Å². The highest BCUT2D eigenvalue weighted by molar-refractivity contribution is 4.83. The topological polar surface area (TPSA) is 0 Å². The maximum atomic E-state index is 2.44. The van der Waals surface area contributed by atoms with Gasteiger partial charge in [-0.2, -0.15) is 0 Å². The number of hydrogen-bond acceptors (Lipinski definition) is 0. The Morgan fingerprint density at radius 2 is 1.90 bits per heavy atom. The van der Waals surface area contributed by atoms with Crippen LogP contribution in [0.5, 0.6) is 0 Å². The Morgan fingerprint density at radius 3 is 2.20 bits per heavy atom. The van der Waals surface area contributed by atoms with Crippen molar-refractivity contribution in [2.45, 2.75) is 52.9 Å². The van der Waals surface area contributed by atoms with Gasteiger partial charge in [-0.15, -0.1) is 0 Å².